The Labute approximate surface area is 206 Å². The first-order chi connectivity index (χ1) is 16.0. The topological polar surface area (TPSA) is 133 Å². The number of benzene rings is 1. The van der Waals surface area contributed by atoms with Gasteiger partial charge in [-0.1, -0.05) is 38.0 Å². The van der Waals surface area contributed by atoms with E-state index in [9.17, 15) is 27.9 Å². The number of carbonyl (C=O) groups is 3. The number of carboxylic acid groups (broad SMARTS) is 1. The molecule has 0 bridgehead atoms. The molecule has 1 saturated heterocycles. The summed E-state index contributed by atoms with van der Waals surface area (Å²) in [7, 11) is -3.89. The van der Waals surface area contributed by atoms with Gasteiger partial charge in [0, 0.05) is 24.8 Å². The largest absolute Gasteiger partial charge is 0.480 e. The molecule has 1 aliphatic rings. The molecule has 1 aromatic carbocycles. The van der Waals surface area contributed by atoms with E-state index in [0.717, 1.165) is 5.56 Å². The standard InChI is InChI=1S/C23H35N3O6S2/c1-5-16(3)20(25-34(31,32)18-8-6-15(2)7-9-18)22(28)26-12-10-17(11-13-26)21(27)24-19(14-33-4)23(29)30/h6-9,16-17,19-20,25H,5,10-14H2,1-4H3,(H,24,27)(H,29,30)/t16?,19-,20-/m0/s1. The number of hydrogen-bond donors (Lipinski definition) is 3. The SMILES string of the molecule is CCC(C)[C@H](NS(=O)(=O)c1ccc(C)cc1)C(=O)N1CCC(C(=O)N[C@@H](CSC)C(=O)O)CC1. The second-order valence-corrected chi connectivity index (χ2v) is 11.4. The van der Waals surface area contributed by atoms with Crippen LogP contribution in [-0.2, 0) is 24.4 Å². The van der Waals surface area contributed by atoms with Crippen molar-refractivity contribution in [1.82, 2.24) is 14.9 Å². The van der Waals surface area contributed by atoms with E-state index in [2.05, 4.69) is 10.0 Å². The Kier molecular flexibility index (Phi) is 10.4. The third-order valence-electron chi connectivity index (χ3n) is 6.22. The lowest BCUT2D eigenvalue weighted by Crippen LogP contribution is -2.54. The third kappa shape index (κ3) is 7.44. The summed E-state index contributed by atoms with van der Waals surface area (Å²) in [6.07, 6.45) is 3.16. The minimum atomic E-state index is -3.89. The van der Waals surface area contributed by atoms with E-state index < -0.39 is 28.1 Å². The van der Waals surface area contributed by atoms with Gasteiger partial charge in [0.1, 0.15) is 12.1 Å². The second kappa shape index (κ2) is 12.6. The molecule has 3 N–H and O–H groups in total. The van der Waals surface area contributed by atoms with Crippen molar-refractivity contribution in [3.05, 3.63) is 29.8 Å². The van der Waals surface area contributed by atoms with Gasteiger partial charge >= 0.3 is 5.97 Å². The summed E-state index contributed by atoms with van der Waals surface area (Å²) in [4.78, 5) is 38.9. The molecule has 1 heterocycles. The predicted octanol–water partition coefficient (Wildman–Crippen LogP) is 1.86. The number of hydrogen-bond acceptors (Lipinski definition) is 6. The molecule has 0 spiro atoms. The number of aryl methyl sites for hydroxylation is 1. The molecular formula is C23H35N3O6S2. The quantitative estimate of drug-likeness (QED) is 0.411. The Balaban J connectivity index is 2.05. The maximum Gasteiger partial charge on any atom is 0.327 e. The number of piperidine rings is 1. The van der Waals surface area contributed by atoms with Crippen LogP contribution in [0.3, 0.4) is 0 Å². The van der Waals surface area contributed by atoms with E-state index >= 15 is 0 Å². The van der Waals surface area contributed by atoms with Gasteiger partial charge in [-0.05, 0) is 44.1 Å². The number of amides is 2. The Morgan fingerprint density at radius 3 is 2.26 bits per heavy atom. The zero-order valence-electron chi connectivity index (χ0n) is 20.1. The van der Waals surface area contributed by atoms with E-state index in [-0.39, 0.29) is 34.3 Å². The first-order valence-electron chi connectivity index (χ1n) is 11.4. The van der Waals surface area contributed by atoms with Crippen LogP contribution in [0.25, 0.3) is 0 Å². The highest BCUT2D eigenvalue weighted by Crippen LogP contribution is 2.22. The van der Waals surface area contributed by atoms with Gasteiger partial charge in [-0.25, -0.2) is 13.2 Å². The van der Waals surface area contributed by atoms with E-state index in [0.29, 0.717) is 32.4 Å². The van der Waals surface area contributed by atoms with Gasteiger partial charge < -0.3 is 15.3 Å². The van der Waals surface area contributed by atoms with Crippen molar-refractivity contribution in [2.75, 3.05) is 25.1 Å². The molecule has 190 valence electrons. The van der Waals surface area contributed by atoms with Crippen molar-refractivity contribution in [2.45, 2.75) is 57.0 Å². The van der Waals surface area contributed by atoms with Crippen LogP contribution in [0.15, 0.2) is 29.2 Å². The Bertz CT molecular complexity index is 959. The molecule has 0 aromatic heterocycles. The van der Waals surface area contributed by atoms with Crippen LogP contribution in [0, 0.1) is 18.8 Å². The number of aliphatic carboxylic acids is 1. The summed E-state index contributed by atoms with van der Waals surface area (Å²) < 4.78 is 28.5. The smallest absolute Gasteiger partial charge is 0.327 e. The molecule has 1 unspecified atom stereocenters. The summed E-state index contributed by atoms with van der Waals surface area (Å²) in [5.74, 6) is -2.05. The van der Waals surface area contributed by atoms with Crippen LogP contribution in [0.1, 0.15) is 38.7 Å². The molecule has 2 amide bonds. The van der Waals surface area contributed by atoms with Crippen molar-refractivity contribution in [3.63, 3.8) is 0 Å². The van der Waals surface area contributed by atoms with Crippen molar-refractivity contribution in [2.24, 2.45) is 11.8 Å². The van der Waals surface area contributed by atoms with E-state index in [1.54, 1.807) is 23.3 Å². The highest BCUT2D eigenvalue weighted by Gasteiger charge is 2.36. The van der Waals surface area contributed by atoms with E-state index in [1.165, 1.54) is 23.9 Å². The summed E-state index contributed by atoms with van der Waals surface area (Å²) in [5, 5.41) is 11.8. The molecule has 34 heavy (non-hydrogen) atoms. The molecule has 11 heteroatoms. The van der Waals surface area contributed by atoms with Gasteiger partial charge in [-0.2, -0.15) is 16.5 Å². The fourth-order valence-electron chi connectivity index (χ4n) is 3.79. The Hall–Kier alpha value is -2.11. The van der Waals surface area contributed by atoms with Crippen molar-refractivity contribution < 1.29 is 27.9 Å². The number of rotatable bonds is 11. The highest BCUT2D eigenvalue weighted by atomic mass is 32.2. The molecule has 1 aromatic rings. The maximum absolute atomic E-state index is 13.3. The van der Waals surface area contributed by atoms with Gasteiger partial charge in [0.15, 0.2) is 0 Å². The number of nitrogens with zero attached hydrogens (tertiary/aromatic N) is 1. The van der Waals surface area contributed by atoms with E-state index in [1.807, 2.05) is 20.8 Å². The zero-order valence-corrected chi connectivity index (χ0v) is 21.7. The first-order valence-corrected chi connectivity index (χ1v) is 14.3. The molecule has 9 nitrogen and oxygen atoms in total. The molecule has 0 saturated carbocycles. The average molecular weight is 514 g/mol. The third-order valence-corrected chi connectivity index (χ3v) is 8.34. The normalized spacial score (nSPS) is 17.6. The van der Waals surface area contributed by atoms with Crippen LogP contribution >= 0.6 is 11.8 Å². The summed E-state index contributed by atoms with van der Waals surface area (Å²) in [6, 6.07) is 4.58. The molecule has 2 rings (SSSR count). The summed E-state index contributed by atoms with van der Waals surface area (Å²) >= 11 is 1.34. The Morgan fingerprint density at radius 2 is 1.76 bits per heavy atom. The van der Waals surface area contributed by atoms with E-state index in [4.69, 9.17) is 0 Å². The number of likely N-dealkylation sites (tertiary alicyclic amines) is 1. The van der Waals surface area contributed by atoms with Gasteiger partial charge in [-0.3, -0.25) is 9.59 Å². The number of sulfonamides is 1. The van der Waals surface area contributed by atoms with Crippen LogP contribution in [0.4, 0.5) is 0 Å². The van der Waals surface area contributed by atoms with Crippen LogP contribution in [-0.4, -0.2) is 73.4 Å². The zero-order chi connectivity index (χ0) is 25.5. The molecule has 3 atom stereocenters. The fraction of sp³-hybridized carbons (Fsp3) is 0.609. The highest BCUT2D eigenvalue weighted by molar-refractivity contribution is 7.98. The number of nitrogens with one attached hydrogen (secondary N) is 2. The fourth-order valence-corrected chi connectivity index (χ4v) is 5.65. The molecule has 0 aliphatic carbocycles. The Morgan fingerprint density at radius 1 is 1.18 bits per heavy atom. The van der Waals surface area contributed by atoms with Gasteiger partial charge in [0.25, 0.3) is 0 Å². The maximum atomic E-state index is 13.3. The predicted molar refractivity (Wildman–Crippen MR) is 132 cm³/mol. The van der Waals surface area contributed by atoms with Gasteiger partial charge in [0.05, 0.1) is 4.90 Å². The second-order valence-electron chi connectivity index (χ2n) is 8.75. The minimum absolute atomic E-state index is 0.104. The number of thioether (sulfide) groups is 1. The van der Waals surface area contributed by atoms with Gasteiger partial charge in [0.2, 0.25) is 21.8 Å². The monoisotopic (exact) mass is 513 g/mol. The lowest BCUT2D eigenvalue weighted by molar-refractivity contribution is -0.142. The lowest BCUT2D eigenvalue weighted by atomic mass is 9.93. The molecule has 1 aliphatic heterocycles. The molecule has 0 radical (unpaired) electrons. The van der Waals surface area contributed by atoms with Crippen LogP contribution < -0.4 is 10.0 Å². The summed E-state index contributed by atoms with van der Waals surface area (Å²) in [6.45, 7) is 6.20. The number of carboxylic acids is 1. The van der Waals surface area contributed by atoms with Crippen molar-refractivity contribution >= 4 is 39.6 Å². The average Bonchev–Trinajstić information content (AvgIpc) is 2.81. The lowest BCUT2D eigenvalue weighted by Gasteiger charge is -2.35. The van der Waals surface area contributed by atoms with Gasteiger partial charge in [-0.15, -0.1) is 0 Å². The molecule has 1 fully saturated rings. The summed E-state index contributed by atoms with van der Waals surface area (Å²) in [5.41, 5.74) is 0.934. The van der Waals surface area contributed by atoms with Crippen LogP contribution in [0.2, 0.25) is 0 Å². The van der Waals surface area contributed by atoms with Crippen molar-refractivity contribution in [3.8, 4) is 0 Å². The van der Waals surface area contributed by atoms with Crippen LogP contribution in [0.5, 0.6) is 0 Å². The van der Waals surface area contributed by atoms with Crippen molar-refractivity contribution in [1.29, 1.82) is 0 Å². The first kappa shape index (κ1) is 28.1. The molecular weight excluding hydrogens is 478 g/mol. The minimum Gasteiger partial charge on any atom is -0.480 e. The number of carbonyl (C=O) groups excluding carboxylic acids is 2.